The summed E-state index contributed by atoms with van der Waals surface area (Å²) in [6.07, 6.45) is 0.151. The van der Waals surface area contributed by atoms with E-state index < -0.39 is 23.0 Å². The zero-order chi connectivity index (χ0) is 26.9. The van der Waals surface area contributed by atoms with Crippen molar-refractivity contribution in [2.75, 3.05) is 65.8 Å². The zero-order valence-corrected chi connectivity index (χ0v) is 21.3. The van der Waals surface area contributed by atoms with Crippen LogP contribution in [0.1, 0.15) is 34.1 Å². The number of hydrogen-bond donors (Lipinski definition) is 1. The third kappa shape index (κ3) is 13.3. The third-order valence-corrected chi connectivity index (χ3v) is 6.14. The maximum atomic E-state index is 12.4. The fourth-order valence-electron chi connectivity index (χ4n) is 3.06. The van der Waals surface area contributed by atoms with Gasteiger partial charge in [0.2, 0.25) is 17.7 Å². The number of ketones is 1. The number of rotatable bonds is 20. The summed E-state index contributed by atoms with van der Waals surface area (Å²) in [5.74, 6) is -1.83. The first-order chi connectivity index (χ1) is 17.2. The number of amides is 3. The van der Waals surface area contributed by atoms with E-state index in [1.165, 1.54) is 18.9 Å². The lowest BCUT2D eigenvalue weighted by atomic mass is 9.91. The topological polar surface area (TPSA) is 161 Å². The molecular formula is C23H40N2O10S. The third-order valence-electron chi connectivity index (χ3n) is 4.97. The number of ether oxygens (including phenoxy) is 5. The van der Waals surface area contributed by atoms with Crippen LogP contribution >= 0.6 is 11.8 Å². The summed E-state index contributed by atoms with van der Waals surface area (Å²) in [7, 11) is 1.30. The molecule has 1 heterocycles. The number of Topliss-reactive ketones (excluding diaryl/α,β-unsaturated/α-hetero) is 1. The number of primary amides is 1. The normalized spacial score (nSPS) is 16.5. The fraction of sp³-hybridized carbons (Fsp3) is 0.783. The summed E-state index contributed by atoms with van der Waals surface area (Å²) >= 11 is 1.32. The number of thioether (sulfide) groups is 1. The van der Waals surface area contributed by atoms with E-state index in [-0.39, 0.29) is 90.2 Å². The van der Waals surface area contributed by atoms with Crippen LogP contribution in [0, 0.1) is 11.8 Å². The predicted octanol–water partition coefficient (Wildman–Crippen LogP) is 0.397. The van der Waals surface area contributed by atoms with Gasteiger partial charge < -0.3 is 29.4 Å². The Hall–Kier alpha value is -2.06. The Labute approximate surface area is 218 Å². The lowest BCUT2D eigenvalue weighted by molar-refractivity contribution is -0.149. The standard InChI is InChI=1S/C22H36N2O10S.CH4/c1-15(2)17(22(29)30-3)10-16(25)12-32-5-4-31-8-9-35-18-11-20(27)24(21(18)28)14-34-7-6-33-13-19(23)26;/h15,17-18H,4-14H2,1-3H3,(H2,23,26);1H4/i/hT. The highest BCUT2D eigenvalue weighted by atomic mass is 32.2. The molecule has 12 nitrogen and oxygen atoms in total. The molecule has 0 radical (unpaired) electrons. The molecule has 2 unspecified atom stereocenters. The van der Waals surface area contributed by atoms with Crippen LogP contribution in [-0.4, -0.2) is 105 Å². The summed E-state index contributed by atoms with van der Waals surface area (Å²) in [5.41, 5.74) is 1.67. The van der Waals surface area contributed by atoms with E-state index in [1.54, 1.807) is 5.73 Å². The molecule has 1 fully saturated rings. The minimum absolute atomic E-state index is 0. The zero-order valence-electron chi connectivity index (χ0n) is 21.4. The van der Waals surface area contributed by atoms with E-state index in [1.807, 2.05) is 13.8 Å². The van der Waals surface area contributed by atoms with Gasteiger partial charge in [-0.1, -0.05) is 21.3 Å². The molecular weight excluding hydrogens is 496 g/mol. The lowest BCUT2D eigenvalue weighted by Crippen LogP contribution is -2.34. The molecule has 1 rings (SSSR count). The monoisotopic (exact) mass is 538 g/mol. The highest BCUT2D eigenvalue weighted by Gasteiger charge is 2.38. The molecule has 3 amide bonds. The Kier molecular flexibility index (Phi) is 17.0. The average molecular weight is 539 g/mol. The van der Waals surface area contributed by atoms with Crippen LogP contribution in [-0.2, 0) is 47.7 Å². The largest absolute Gasteiger partial charge is 0.469 e. The van der Waals surface area contributed by atoms with Gasteiger partial charge in [0, 0.05) is 18.6 Å². The Balaban J connectivity index is 0.0000130. The maximum Gasteiger partial charge on any atom is 0.309 e. The van der Waals surface area contributed by atoms with Gasteiger partial charge in [-0.25, -0.2) is 0 Å². The maximum absolute atomic E-state index is 12.4. The van der Waals surface area contributed by atoms with E-state index in [9.17, 15) is 24.0 Å². The van der Waals surface area contributed by atoms with Crippen molar-refractivity contribution in [1.29, 1.82) is 0 Å². The molecule has 1 saturated heterocycles. The number of nitrogens with two attached hydrogens (primary N) is 1. The first-order valence-electron chi connectivity index (χ1n) is 11.8. The van der Waals surface area contributed by atoms with Crippen LogP contribution in [0.15, 0.2) is 0 Å². The Morgan fingerprint density at radius 3 is 2.33 bits per heavy atom. The van der Waals surface area contributed by atoms with Gasteiger partial charge >= 0.3 is 5.97 Å². The van der Waals surface area contributed by atoms with Crippen molar-refractivity contribution in [3.8, 4) is 0 Å². The quantitative estimate of drug-likeness (QED) is 0.130. The first kappa shape index (κ1) is 32.0. The molecule has 36 heavy (non-hydrogen) atoms. The molecule has 0 aromatic carbocycles. The number of nitrogens with zero attached hydrogens (tertiary/aromatic N) is 1. The van der Waals surface area contributed by atoms with Crippen molar-refractivity contribution in [3.05, 3.63) is 0 Å². The Morgan fingerprint density at radius 1 is 1.06 bits per heavy atom. The second kappa shape index (κ2) is 19.1. The SMILES string of the molecule is C.[3H]NC(=O)COCCOCN1C(=O)CC(SCCOCCOCC(=O)CC(C(=O)OC)C(C)C)C1=O. The number of imide groups is 1. The van der Waals surface area contributed by atoms with Gasteiger partial charge in [0.1, 0.15) is 19.9 Å². The van der Waals surface area contributed by atoms with Crippen LogP contribution in [0.5, 0.6) is 0 Å². The van der Waals surface area contributed by atoms with Crippen LogP contribution in [0.2, 0.25) is 1.41 Å². The molecule has 1 aliphatic heterocycles. The second-order valence-electron chi connectivity index (χ2n) is 8.02. The second-order valence-corrected chi connectivity index (χ2v) is 9.33. The highest BCUT2D eigenvalue weighted by Crippen LogP contribution is 2.25. The van der Waals surface area contributed by atoms with E-state index in [0.29, 0.717) is 12.4 Å². The molecule has 0 aliphatic carbocycles. The summed E-state index contributed by atoms with van der Waals surface area (Å²) in [5, 5.41) is -0.501. The van der Waals surface area contributed by atoms with E-state index in [4.69, 9.17) is 25.1 Å². The average Bonchev–Trinajstić information content (AvgIpc) is 3.12. The number of carbonyl (C=O) groups excluding carboxylic acids is 5. The summed E-state index contributed by atoms with van der Waals surface area (Å²) < 4.78 is 32.3. The Bertz CT molecular complexity index is 740. The predicted molar refractivity (Wildman–Crippen MR) is 132 cm³/mol. The van der Waals surface area contributed by atoms with Crippen LogP contribution in [0.4, 0.5) is 0 Å². The molecule has 0 spiro atoms. The van der Waals surface area contributed by atoms with Crippen LogP contribution < -0.4 is 5.73 Å². The molecule has 0 saturated carbocycles. The molecule has 13 heteroatoms. The minimum atomic E-state index is -0.585. The molecule has 208 valence electrons. The molecule has 0 bridgehead atoms. The van der Waals surface area contributed by atoms with E-state index >= 15 is 0 Å². The molecule has 2 N–H and O–H groups in total. The minimum Gasteiger partial charge on any atom is -0.469 e. The van der Waals surface area contributed by atoms with Crippen molar-refractivity contribution in [3.63, 3.8) is 0 Å². The summed E-state index contributed by atoms with van der Waals surface area (Å²) in [6, 6.07) is 0. The smallest absolute Gasteiger partial charge is 0.309 e. The lowest BCUT2D eigenvalue weighted by Gasteiger charge is -2.17. The number of methoxy groups -OCH3 is 1. The van der Waals surface area contributed by atoms with Gasteiger partial charge in [0.05, 0.1) is 51.3 Å². The highest BCUT2D eigenvalue weighted by molar-refractivity contribution is 8.00. The summed E-state index contributed by atoms with van der Waals surface area (Å²) in [4.78, 5) is 60.1. The van der Waals surface area contributed by atoms with Crippen LogP contribution in [0.25, 0.3) is 0 Å². The van der Waals surface area contributed by atoms with Gasteiger partial charge in [-0.05, 0) is 5.92 Å². The van der Waals surface area contributed by atoms with Gasteiger partial charge in [-0.2, -0.15) is 0 Å². The first-order valence-corrected chi connectivity index (χ1v) is 12.3. The summed E-state index contributed by atoms with van der Waals surface area (Å²) in [6.45, 7) is 4.14. The number of hydrogen-bond acceptors (Lipinski definition) is 11. The van der Waals surface area contributed by atoms with E-state index in [0.717, 1.165) is 4.90 Å². The van der Waals surface area contributed by atoms with Crippen LogP contribution in [0.3, 0.4) is 0 Å². The van der Waals surface area contributed by atoms with Gasteiger partial charge in [0.25, 0.3) is 0 Å². The van der Waals surface area contributed by atoms with Crippen molar-refractivity contribution in [2.24, 2.45) is 17.6 Å². The van der Waals surface area contributed by atoms with E-state index in [2.05, 4.69) is 0 Å². The van der Waals surface area contributed by atoms with Crippen molar-refractivity contribution < 1.29 is 49.1 Å². The van der Waals surface area contributed by atoms with Gasteiger partial charge in [0.15, 0.2) is 7.20 Å². The molecule has 2 atom stereocenters. The Morgan fingerprint density at radius 2 is 1.69 bits per heavy atom. The van der Waals surface area contributed by atoms with Crippen molar-refractivity contribution in [1.82, 2.24) is 4.90 Å². The number of carbonyl (C=O) groups is 5. The molecule has 0 aromatic heterocycles. The fourth-order valence-corrected chi connectivity index (χ4v) is 4.09. The number of esters is 1. The van der Waals surface area contributed by atoms with Gasteiger partial charge in [-0.15, -0.1) is 11.8 Å². The number of likely N-dealkylation sites (tertiary alicyclic amines) is 1. The van der Waals surface area contributed by atoms with Crippen molar-refractivity contribution >= 4 is 41.2 Å². The molecule has 0 aromatic rings. The molecule has 1 aliphatic rings. The van der Waals surface area contributed by atoms with Gasteiger partial charge in [-0.3, -0.25) is 28.9 Å². The van der Waals surface area contributed by atoms with Crippen molar-refractivity contribution in [2.45, 2.75) is 39.4 Å².